The second kappa shape index (κ2) is 11.5. The van der Waals surface area contributed by atoms with Gasteiger partial charge in [0.2, 0.25) is 5.91 Å². The van der Waals surface area contributed by atoms with E-state index in [0.717, 1.165) is 35.7 Å². The van der Waals surface area contributed by atoms with Crippen molar-refractivity contribution in [2.75, 3.05) is 19.1 Å². The molecule has 1 aliphatic carbocycles. The molecule has 1 amide bonds. The number of carbonyl (C=O) groups excluding carboxylic acids is 1. The number of amides is 1. The van der Waals surface area contributed by atoms with Gasteiger partial charge < -0.3 is 20.5 Å². The highest BCUT2D eigenvalue weighted by atomic mass is 35.5. The van der Waals surface area contributed by atoms with Crippen LogP contribution in [-0.2, 0) is 11.3 Å². The Kier molecular flexibility index (Phi) is 10.1. The first-order chi connectivity index (χ1) is 11.6. The van der Waals surface area contributed by atoms with E-state index in [2.05, 4.69) is 5.32 Å². The van der Waals surface area contributed by atoms with Crippen molar-refractivity contribution in [1.82, 2.24) is 5.32 Å². The molecule has 25 heavy (non-hydrogen) atoms. The highest BCUT2D eigenvalue weighted by Crippen LogP contribution is 2.30. The van der Waals surface area contributed by atoms with Gasteiger partial charge in [0.15, 0.2) is 0 Å². The van der Waals surface area contributed by atoms with Gasteiger partial charge in [-0.2, -0.15) is 11.8 Å². The van der Waals surface area contributed by atoms with Crippen molar-refractivity contribution >= 4 is 30.1 Å². The summed E-state index contributed by atoms with van der Waals surface area (Å²) in [6, 6.07) is 5.26. The van der Waals surface area contributed by atoms with E-state index >= 15 is 0 Å². The fourth-order valence-electron chi connectivity index (χ4n) is 2.79. The molecule has 0 aromatic heterocycles. The second-order valence-corrected chi connectivity index (χ2v) is 7.09. The number of halogens is 1. The van der Waals surface area contributed by atoms with Crippen LogP contribution in [0.5, 0.6) is 11.5 Å². The number of methoxy groups -OCH3 is 1. The van der Waals surface area contributed by atoms with Crippen molar-refractivity contribution in [1.29, 1.82) is 0 Å². The molecule has 1 saturated carbocycles. The van der Waals surface area contributed by atoms with Gasteiger partial charge >= 0.3 is 0 Å². The minimum atomic E-state index is -0.463. The number of nitrogens with one attached hydrogen (secondary N) is 1. The molecule has 1 aliphatic rings. The van der Waals surface area contributed by atoms with Gasteiger partial charge in [0.05, 0.1) is 19.3 Å². The molecule has 1 aromatic carbocycles. The van der Waals surface area contributed by atoms with Crippen LogP contribution >= 0.6 is 24.2 Å². The molecule has 2 rings (SSSR count). The fraction of sp³-hybridized carbons (Fsp3) is 0.611. The third-order valence-corrected chi connectivity index (χ3v) is 4.94. The smallest absolute Gasteiger partial charge is 0.237 e. The predicted octanol–water partition coefficient (Wildman–Crippen LogP) is 3.14. The van der Waals surface area contributed by atoms with Crippen LogP contribution in [0.15, 0.2) is 18.2 Å². The third kappa shape index (κ3) is 6.96. The van der Waals surface area contributed by atoms with E-state index in [9.17, 15) is 4.79 Å². The molecule has 1 fully saturated rings. The Hall–Kier alpha value is -1.11. The molecular formula is C18H29ClN2O3S. The number of hydrogen-bond acceptors (Lipinski definition) is 5. The van der Waals surface area contributed by atoms with Crippen LogP contribution in [0.3, 0.4) is 0 Å². The summed E-state index contributed by atoms with van der Waals surface area (Å²) in [4.78, 5) is 12.1. The molecule has 0 spiro atoms. The maximum absolute atomic E-state index is 12.1. The molecule has 142 valence electrons. The van der Waals surface area contributed by atoms with Crippen LogP contribution in [0.2, 0.25) is 0 Å². The summed E-state index contributed by atoms with van der Waals surface area (Å²) >= 11 is 1.69. The van der Waals surface area contributed by atoms with Crippen molar-refractivity contribution in [2.45, 2.75) is 50.8 Å². The van der Waals surface area contributed by atoms with Crippen LogP contribution in [0.1, 0.15) is 37.7 Å². The topological polar surface area (TPSA) is 73.6 Å². The van der Waals surface area contributed by atoms with E-state index in [-0.39, 0.29) is 24.4 Å². The number of carbonyl (C=O) groups is 1. The molecule has 1 atom stereocenters. The molecule has 0 bridgehead atoms. The van der Waals surface area contributed by atoms with Crippen LogP contribution in [-0.4, -0.2) is 37.2 Å². The Labute approximate surface area is 160 Å². The van der Waals surface area contributed by atoms with Crippen LogP contribution in [0, 0.1) is 0 Å². The van der Waals surface area contributed by atoms with Crippen molar-refractivity contribution < 1.29 is 14.3 Å². The van der Waals surface area contributed by atoms with Crippen LogP contribution < -0.4 is 20.5 Å². The zero-order chi connectivity index (χ0) is 17.4. The monoisotopic (exact) mass is 388 g/mol. The maximum Gasteiger partial charge on any atom is 0.237 e. The van der Waals surface area contributed by atoms with Crippen LogP contribution in [0.4, 0.5) is 0 Å². The molecule has 7 heteroatoms. The van der Waals surface area contributed by atoms with Gasteiger partial charge in [0.25, 0.3) is 0 Å². The normalized spacial score (nSPS) is 15.3. The number of rotatable bonds is 9. The molecule has 3 N–H and O–H groups in total. The highest BCUT2D eigenvalue weighted by molar-refractivity contribution is 7.98. The first kappa shape index (κ1) is 21.9. The number of benzene rings is 1. The van der Waals surface area contributed by atoms with E-state index in [4.69, 9.17) is 15.2 Å². The van der Waals surface area contributed by atoms with Crippen molar-refractivity contribution in [3.8, 4) is 11.5 Å². The lowest BCUT2D eigenvalue weighted by molar-refractivity contribution is -0.122. The quantitative estimate of drug-likeness (QED) is 0.679. The number of nitrogens with two attached hydrogens (primary N) is 1. The van der Waals surface area contributed by atoms with Gasteiger partial charge in [-0.05, 0) is 56.2 Å². The standard InChI is InChI=1S/C18H28N2O3S.ClH/c1-22-15-8-7-13(12-20-18(21)16(19)9-10-24-2)17(11-15)23-14-5-3-4-6-14;/h7-8,11,14,16H,3-6,9-10,12,19H2,1-2H3,(H,20,21);1H/t16-;/m0./s1. The summed E-state index contributed by atoms with van der Waals surface area (Å²) < 4.78 is 11.4. The summed E-state index contributed by atoms with van der Waals surface area (Å²) in [5.74, 6) is 2.31. The Morgan fingerprint density at radius 1 is 1.40 bits per heavy atom. The molecule has 5 nitrogen and oxygen atoms in total. The first-order valence-electron chi connectivity index (χ1n) is 8.50. The van der Waals surface area contributed by atoms with E-state index < -0.39 is 6.04 Å². The predicted molar refractivity (Wildman–Crippen MR) is 106 cm³/mol. The largest absolute Gasteiger partial charge is 0.497 e. The van der Waals surface area contributed by atoms with Gasteiger partial charge in [-0.3, -0.25) is 4.79 Å². The average Bonchev–Trinajstić information content (AvgIpc) is 3.11. The van der Waals surface area contributed by atoms with Crippen molar-refractivity contribution in [3.63, 3.8) is 0 Å². The van der Waals surface area contributed by atoms with Gasteiger partial charge in [-0.15, -0.1) is 12.4 Å². The molecule has 0 saturated heterocycles. The lowest BCUT2D eigenvalue weighted by Gasteiger charge is -2.18. The fourth-order valence-corrected chi connectivity index (χ4v) is 3.28. The summed E-state index contributed by atoms with van der Waals surface area (Å²) in [5.41, 5.74) is 6.86. The molecule has 1 aromatic rings. The van der Waals surface area contributed by atoms with E-state index in [1.165, 1.54) is 12.8 Å². The second-order valence-electron chi connectivity index (χ2n) is 6.10. The van der Waals surface area contributed by atoms with Gasteiger partial charge in [0, 0.05) is 18.2 Å². The van der Waals surface area contributed by atoms with E-state index in [1.807, 2.05) is 24.5 Å². The lowest BCUT2D eigenvalue weighted by Crippen LogP contribution is -2.40. The Balaban J connectivity index is 0.00000312. The molecule has 0 unspecified atom stereocenters. The SMILES string of the molecule is COc1ccc(CNC(=O)[C@@H](N)CCSC)c(OC2CCCC2)c1.Cl. The Morgan fingerprint density at radius 2 is 2.12 bits per heavy atom. The third-order valence-electron chi connectivity index (χ3n) is 4.29. The Morgan fingerprint density at radius 3 is 2.76 bits per heavy atom. The summed E-state index contributed by atoms with van der Waals surface area (Å²) in [7, 11) is 1.64. The minimum absolute atomic E-state index is 0. The van der Waals surface area contributed by atoms with Crippen LogP contribution in [0.25, 0.3) is 0 Å². The number of ether oxygens (including phenoxy) is 2. The minimum Gasteiger partial charge on any atom is -0.497 e. The Bertz CT molecular complexity index is 539. The van der Waals surface area contributed by atoms with Gasteiger partial charge in [0.1, 0.15) is 11.5 Å². The van der Waals surface area contributed by atoms with E-state index in [0.29, 0.717) is 13.0 Å². The highest BCUT2D eigenvalue weighted by Gasteiger charge is 2.19. The molecule has 0 heterocycles. The van der Waals surface area contributed by atoms with Crippen molar-refractivity contribution in [2.24, 2.45) is 5.73 Å². The van der Waals surface area contributed by atoms with Crippen molar-refractivity contribution in [3.05, 3.63) is 23.8 Å². The zero-order valence-electron chi connectivity index (χ0n) is 15.0. The zero-order valence-corrected chi connectivity index (χ0v) is 16.6. The summed E-state index contributed by atoms with van der Waals surface area (Å²) in [6.07, 6.45) is 7.55. The summed E-state index contributed by atoms with van der Waals surface area (Å²) in [5, 5.41) is 2.92. The number of thioether (sulfide) groups is 1. The summed E-state index contributed by atoms with van der Waals surface area (Å²) in [6.45, 7) is 0.415. The molecule has 0 aliphatic heterocycles. The number of hydrogen-bond donors (Lipinski definition) is 2. The molecule has 0 radical (unpaired) electrons. The average molecular weight is 389 g/mol. The maximum atomic E-state index is 12.1. The first-order valence-corrected chi connectivity index (χ1v) is 9.89. The lowest BCUT2D eigenvalue weighted by atomic mass is 10.1. The van der Waals surface area contributed by atoms with Gasteiger partial charge in [-0.25, -0.2) is 0 Å². The van der Waals surface area contributed by atoms with Gasteiger partial charge in [-0.1, -0.05) is 0 Å². The van der Waals surface area contributed by atoms with E-state index in [1.54, 1.807) is 18.9 Å². The molecular weight excluding hydrogens is 360 g/mol.